The maximum atomic E-state index is 14.6. The highest BCUT2D eigenvalue weighted by atomic mass is 35.5. The van der Waals surface area contributed by atoms with Crippen molar-refractivity contribution in [2.45, 2.75) is 50.8 Å². The number of amidine groups is 1. The number of hydrogen-bond donors (Lipinski definition) is 2. The molecule has 3 heterocycles. The summed E-state index contributed by atoms with van der Waals surface area (Å²) in [7, 11) is -3.72. The van der Waals surface area contributed by atoms with Crippen molar-refractivity contribution in [3.63, 3.8) is 0 Å². The third-order valence-electron chi connectivity index (χ3n) is 8.08. The zero-order chi connectivity index (χ0) is 30.4. The minimum atomic E-state index is -3.72. The summed E-state index contributed by atoms with van der Waals surface area (Å²) in [5.74, 6) is -4.19. The summed E-state index contributed by atoms with van der Waals surface area (Å²) in [6.45, 7) is 3.52. The van der Waals surface area contributed by atoms with Gasteiger partial charge in [0.05, 0.1) is 27.9 Å². The van der Waals surface area contributed by atoms with Gasteiger partial charge in [0.15, 0.2) is 22.5 Å². The summed E-state index contributed by atoms with van der Waals surface area (Å²) in [6, 6.07) is 1.04. The lowest BCUT2D eigenvalue weighted by Crippen LogP contribution is -2.54. The Morgan fingerprint density at radius 2 is 1.95 bits per heavy atom. The van der Waals surface area contributed by atoms with Crippen molar-refractivity contribution in [3.05, 3.63) is 62.2 Å². The van der Waals surface area contributed by atoms with Gasteiger partial charge in [-0.05, 0) is 45.6 Å². The van der Waals surface area contributed by atoms with Crippen LogP contribution in [-0.4, -0.2) is 65.5 Å². The van der Waals surface area contributed by atoms with Gasteiger partial charge in [-0.15, -0.1) is 11.3 Å². The second kappa shape index (κ2) is 11.6. The molecule has 1 aromatic heterocycles. The number of esters is 1. The van der Waals surface area contributed by atoms with Crippen LogP contribution >= 0.6 is 22.9 Å². The van der Waals surface area contributed by atoms with Crippen molar-refractivity contribution in [2.75, 3.05) is 19.7 Å². The number of piperidine rings is 1. The zero-order valence-electron chi connectivity index (χ0n) is 22.8. The molecule has 2 aliphatic heterocycles. The van der Waals surface area contributed by atoms with Gasteiger partial charge in [0, 0.05) is 41.8 Å². The Morgan fingerprint density at radius 3 is 2.55 bits per heavy atom. The number of aliphatic carboxylic acids is 1. The summed E-state index contributed by atoms with van der Waals surface area (Å²) in [6.07, 6.45) is 2.34. The number of nitrogens with one attached hydrogen (secondary N) is 1. The van der Waals surface area contributed by atoms with Gasteiger partial charge in [0.25, 0.3) is 0 Å². The number of carboxylic acids is 1. The maximum absolute atomic E-state index is 14.6. The average molecular weight is 643 g/mol. The maximum Gasteiger partial charge on any atom is 0.338 e. The fraction of sp³-hybridized carbons (Fsp3) is 0.481. The minimum Gasteiger partial charge on any atom is -0.481 e. The molecule has 0 amide bonds. The predicted molar refractivity (Wildman–Crippen MR) is 152 cm³/mol. The van der Waals surface area contributed by atoms with Gasteiger partial charge in [0.1, 0.15) is 6.04 Å². The summed E-state index contributed by atoms with van der Waals surface area (Å²) in [5, 5.41) is 13.6. The monoisotopic (exact) mass is 642 g/mol. The molecule has 226 valence electrons. The van der Waals surface area contributed by atoms with E-state index >= 15 is 0 Å². The molecule has 42 heavy (non-hydrogen) atoms. The first kappa shape index (κ1) is 30.5. The molecule has 1 aliphatic carbocycles. The quantitative estimate of drug-likeness (QED) is 0.322. The van der Waals surface area contributed by atoms with Crippen LogP contribution in [0.1, 0.15) is 56.1 Å². The normalized spacial score (nSPS) is 25.4. The molecule has 2 aromatic rings. The largest absolute Gasteiger partial charge is 0.481 e. The molecule has 1 saturated carbocycles. The van der Waals surface area contributed by atoms with Crippen LogP contribution in [0.5, 0.6) is 0 Å². The molecule has 2 fully saturated rings. The average Bonchev–Trinajstić information content (AvgIpc) is 3.49. The van der Waals surface area contributed by atoms with Crippen molar-refractivity contribution in [2.24, 2.45) is 16.3 Å². The molecule has 10 nitrogen and oxygen atoms in total. The molecule has 1 saturated heterocycles. The first-order valence-corrected chi connectivity index (χ1v) is 16.1. The molecule has 1 unspecified atom stereocenters. The van der Waals surface area contributed by atoms with Gasteiger partial charge >= 0.3 is 11.9 Å². The van der Waals surface area contributed by atoms with E-state index < -0.39 is 55.3 Å². The molecule has 1 atom stereocenters. The molecule has 3 aliphatic rings. The summed E-state index contributed by atoms with van der Waals surface area (Å²) in [4.78, 5) is 33.8. The van der Waals surface area contributed by atoms with Gasteiger partial charge in [-0.1, -0.05) is 17.7 Å². The first-order chi connectivity index (χ1) is 19.9. The number of nitrogens with zero attached hydrogens (tertiary/aromatic N) is 3. The van der Waals surface area contributed by atoms with Gasteiger partial charge in [-0.3, -0.25) is 9.79 Å². The Morgan fingerprint density at radius 1 is 1.26 bits per heavy atom. The number of aliphatic imine (C=N–C) groups is 1. The van der Waals surface area contributed by atoms with Crippen molar-refractivity contribution >= 4 is 50.7 Å². The smallest absolute Gasteiger partial charge is 0.338 e. The lowest BCUT2D eigenvalue weighted by molar-refractivity contribution is -0.152. The molecule has 0 bridgehead atoms. The standard InChI is InChI=1S/C27H29ClF2N4O6S2/c1-3-40-25(35)18-21(14-6-9-34(10-7-14)42(38,39)15-12-27(2,13-15)26(36)37)32-23(24-31-8-11-41-24)33-22(18)16-4-5-17(29)20(30)19(16)28/h4-5,8,11,14-15,22H,3,6-7,9-10,12-13H2,1-2H3,(H,32,33)(H,36,37). The predicted octanol–water partition coefficient (Wildman–Crippen LogP) is 4.28. The van der Waals surface area contributed by atoms with Crippen LogP contribution in [0, 0.1) is 23.0 Å². The highest BCUT2D eigenvalue weighted by Gasteiger charge is 2.53. The van der Waals surface area contributed by atoms with Crippen LogP contribution in [0.25, 0.3) is 0 Å². The second-order valence-corrected chi connectivity index (χ2v) is 14.3. The van der Waals surface area contributed by atoms with Crippen molar-refractivity contribution in [1.29, 1.82) is 0 Å². The number of aromatic nitrogens is 1. The number of hydrogen-bond acceptors (Lipinski definition) is 9. The Balaban J connectivity index is 1.48. The van der Waals surface area contributed by atoms with Crippen LogP contribution in [-0.2, 0) is 24.3 Å². The molecular formula is C27H29ClF2N4O6S2. The van der Waals surface area contributed by atoms with Crippen molar-refractivity contribution in [1.82, 2.24) is 14.6 Å². The minimum absolute atomic E-state index is 0.0459. The van der Waals surface area contributed by atoms with Gasteiger partial charge in [-0.25, -0.2) is 31.3 Å². The number of carbonyl (C=O) groups is 2. The Hall–Kier alpha value is -2.94. The van der Waals surface area contributed by atoms with E-state index in [9.17, 15) is 31.9 Å². The van der Waals surface area contributed by atoms with E-state index in [4.69, 9.17) is 16.3 Å². The zero-order valence-corrected chi connectivity index (χ0v) is 25.2. The third-order valence-corrected chi connectivity index (χ3v) is 11.5. The third kappa shape index (κ3) is 5.45. The number of thiazole rings is 1. The van der Waals surface area contributed by atoms with E-state index in [2.05, 4.69) is 15.3 Å². The summed E-state index contributed by atoms with van der Waals surface area (Å²) in [5.41, 5.74) is -0.484. The SMILES string of the molecule is CCOC(=O)C1=C(C2CCN(S(=O)(=O)C3CC(C)(C(=O)O)C3)CC2)NC(c2nccs2)=NC1c1ccc(F)c(F)c1Cl. The molecule has 5 rings (SSSR count). The number of allylic oxidation sites excluding steroid dienone is 1. The molecule has 2 N–H and O–H groups in total. The fourth-order valence-electron chi connectivity index (χ4n) is 5.69. The summed E-state index contributed by atoms with van der Waals surface area (Å²) < 4.78 is 61.9. The van der Waals surface area contributed by atoms with E-state index in [0.29, 0.717) is 29.4 Å². The first-order valence-electron chi connectivity index (χ1n) is 13.4. The van der Waals surface area contributed by atoms with Crippen LogP contribution in [0.4, 0.5) is 8.78 Å². The molecule has 15 heteroatoms. The number of carboxylic acid groups (broad SMARTS) is 1. The summed E-state index contributed by atoms with van der Waals surface area (Å²) >= 11 is 7.52. The second-order valence-electron chi connectivity index (χ2n) is 10.8. The molecular weight excluding hydrogens is 614 g/mol. The lowest BCUT2D eigenvalue weighted by Gasteiger charge is -2.44. The number of ether oxygens (including phenoxy) is 1. The van der Waals surface area contributed by atoms with Crippen molar-refractivity contribution < 1.29 is 36.6 Å². The topological polar surface area (TPSA) is 138 Å². The van der Waals surface area contributed by atoms with E-state index in [1.165, 1.54) is 21.7 Å². The lowest BCUT2D eigenvalue weighted by atomic mass is 9.70. The van der Waals surface area contributed by atoms with Gasteiger partial charge in [0.2, 0.25) is 10.0 Å². The number of rotatable bonds is 8. The van der Waals surface area contributed by atoms with Crippen LogP contribution in [0.3, 0.4) is 0 Å². The van der Waals surface area contributed by atoms with Crippen LogP contribution in [0.15, 0.2) is 40.0 Å². The van der Waals surface area contributed by atoms with Gasteiger partial charge < -0.3 is 15.2 Å². The Bertz CT molecular complexity index is 1570. The van der Waals surface area contributed by atoms with E-state index in [0.717, 1.165) is 6.07 Å². The molecule has 0 spiro atoms. The number of benzene rings is 1. The molecule has 1 aromatic carbocycles. The number of carbonyl (C=O) groups excluding carboxylic acids is 1. The van der Waals surface area contributed by atoms with Crippen LogP contribution in [0.2, 0.25) is 5.02 Å². The number of halogens is 3. The number of sulfonamides is 1. The highest BCUT2D eigenvalue weighted by Crippen LogP contribution is 2.46. The van der Waals surface area contributed by atoms with E-state index in [1.54, 1.807) is 25.4 Å². The van der Waals surface area contributed by atoms with E-state index in [-0.39, 0.29) is 49.6 Å². The fourth-order valence-corrected chi connectivity index (χ4v) is 8.83. The Kier molecular flexibility index (Phi) is 8.45. The molecule has 0 radical (unpaired) electrons. The van der Waals surface area contributed by atoms with Crippen molar-refractivity contribution in [3.8, 4) is 0 Å². The van der Waals surface area contributed by atoms with Crippen LogP contribution < -0.4 is 5.32 Å². The Labute approximate surface area is 250 Å². The van der Waals surface area contributed by atoms with Gasteiger partial charge in [-0.2, -0.15) is 0 Å². The van der Waals surface area contributed by atoms with E-state index in [1.807, 2.05) is 0 Å². The highest BCUT2D eigenvalue weighted by molar-refractivity contribution is 7.89.